The standard InChI is InChI=1S/C23H32N4O3S/c1-29-17-10-11-20(30-2)18(14-17)19-8-5-13-27(19)22(28)15-31-23-24-21(25-26-23)12-9-16-6-3-4-7-16/h10-11,14,16,19H,3-9,12-13,15H2,1-2H3,(H,24,25,26)/t19-/m1/s1. The molecule has 1 aromatic carbocycles. The van der Waals surface area contributed by atoms with E-state index in [1.54, 1.807) is 14.2 Å². The number of likely N-dealkylation sites (tertiary alicyclic amines) is 1. The SMILES string of the molecule is COc1ccc(OC)c([C@H]2CCCN2C(=O)CSc2n[nH]c(CCC3CCCC3)n2)c1. The van der Waals surface area contributed by atoms with Gasteiger partial charge in [-0.1, -0.05) is 37.4 Å². The van der Waals surface area contributed by atoms with E-state index in [0.29, 0.717) is 10.9 Å². The maximum absolute atomic E-state index is 13.0. The summed E-state index contributed by atoms with van der Waals surface area (Å²) < 4.78 is 10.9. The summed E-state index contributed by atoms with van der Waals surface area (Å²) in [6.45, 7) is 0.755. The Bertz CT molecular complexity index is 881. The van der Waals surface area contributed by atoms with E-state index in [-0.39, 0.29) is 11.9 Å². The topological polar surface area (TPSA) is 80.3 Å². The van der Waals surface area contributed by atoms with Crippen molar-refractivity contribution in [3.8, 4) is 11.5 Å². The molecule has 0 radical (unpaired) electrons. The minimum absolute atomic E-state index is 0.00673. The maximum Gasteiger partial charge on any atom is 0.233 e. The van der Waals surface area contributed by atoms with Gasteiger partial charge in [-0.15, -0.1) is 5.10 Å². The molecule has 1 saturated heterocycles. The zero-order valence-electron chi connectivity index (χ0n) is 18.4. The highest BCUT2D eigenvalue weighted by Crippen LogP contribution is 2.39. The Hall–Kier alpha value is -2.22. The predicted molar refractivity (Wildman–Crippen MR) is 121 cm³/mol. The summed E-state index contributed by atoms with van der Waals surface area (Å²) in [5.74, 6) is 3.78. The van der Waals surface area contributed by atoms with Crippen molar-refractivity contribution in [1.82, 2.24) is 20.1 Å². The zero-order valence-corrected chi connectivity index (χ0v) is 19.2. The molecule has 8 heteroatoms. The third-order valence-electron chi connectivity index (χ3n) is 6.47. The summed E-state index contributed by atoms with van der Waals surface area (Å²) in [5.41, 5.74) is 1.00. The molecule has 0 bridgehead atoms. The lowest BCUT2D eigenvalue weighted by atomic mass is 10.0. The molecule has 2 aliphatic rings. The Morgan fingerprint density at radius 3 is 2.81 bits per heavy atom. The van der Waals surface area contributed by atoms with Crippen LogP contribution < -0.4 is 9.47 Å². The number of thioether (sulfide) groups is 1. The van der Waals surface area contributed by atoms with Crippen LogP contribution in [-0.4, -0.2) is 52.5 Å². The monoisotopic (exact) mass is 444 g/mol. The quantitative estimate of drug-likeness (QED) is 0.578. The van der Waals surface area contributed by atoms with Gasteiger partial charge in [-0.05, 0) is 43.4 Å². The summed E-state index contributed by atoms with van der Waals surface area (Å²) in [6.07, 6.45) is 9.44. The van der Waals surface area contributed by atoms with E-state index in [0.717, 1.165) is 54.6 Å². The highest BCUT2D eigenvalue weighted by atomic mass is 32.2. The molecular formula is C23H32N4O3S. The number of benzene rings is 1. The first-order valence-corrected chi connectivity index (χ1v) is 12.2. The van der Waals surface area contributed by atoms with Crippen LogP contribution in [0.3, 0.4) is 0 Å². The van der Waals surface area contributed by atoms with Gasteiger partial charge in [0.2, 0.25) is 11.1 Å². The molecule has 4 rings (SSSR count). The van der Waals surface area contributed by atoms with Gasteiger partial charge in [0.1, 0.15) is 17.3 Å². The van der Waals surface area contributed by atoms with Crippen molar-refractivity contribution < 1.29 is 14.3 Å². The van der Waals surface area contributed by atoms with Crippen molar-refractivity contribution in [1.29, 1.82) is 0 Å². The lowest BCUT2D eigenvalue weighted by Gasteiger charge is -2.26. The fourth-order valence-electron chi connectivity index (χ4n) is 4.79. The van der Waals surface area contributed by atoms with Gasteiger partial charge in [0.05, 0.1) is 26.0 Å². The first-order valence-electron chi connectivity index (χ1n) is 11.2. The van der Waals surface area contributed by atoms with Crippen molar-refractivity contribution in [3.05, 3.63) is 29.6 Å². The van der Waals surface area contributed by atoms with Gasteiger partial charge < -0.3 is 14.4 Å². The normalized spacial score (nSPS) is 19.2. The smallest absolute Gasteiger partial charge is 0.233 e. The van der Waals surface area contributed by atoms with Gasteiger partial charge in [-0.2, -0.15) is 0 Å². The second-order valence-electron chi connectivity index (χ2n) is 8.40. The predicted octanol–water partition coefficient (Wildman–Crippen LogP) is 4.40. The van der Waals surface area contributed by atoms with Crippen LogP contribution in [0.5, 0.6) is 11.5 Å². The fourth-order valence-corrected chi connectivity index (χ4v) is 5.49. The van der Waals surface area contributed by atoms with E-state index in [4.69, 9.17) is 9.47 Å². The van der Waals surface area contributed by atoms with Gasteiger partial charge in [0, 0.05) is 18.5 Å². The molecule has 1 aliphatic carbocycles. The summed E-state index contributed by atoms with van der Waals surface area (Å²) in [7, 11) is 3.31. The van der Waals surface area contributed by atoms with Crippen LogP contribution in [0, 0.1) is 5.92 Å². The Labute approximate surface area is 188 Å². The fraction of sp³-hybridized carbons (Fsp3) is 0.609. The molecule has 7 nitrogen and oxygen atoms in total. The minimum Gasteiger partial charge on any atom is -0.497 e. The molecule has 2 fully saturated rings. The molecule has 1 N–H and O–H groups in total. The van der Waals surface area contributed by atoms with E-state index in [2.05, 4.69) is 15.2 Å². The van der Waals surface area contributed by atoms with Gasteiger partial charge in [0.15, 0.2) is 0 Å². The second-order valence-corrected chi connectivity index (χ2v) is 9.34. The number of carbonyl (C=O) groups is 1. The Morgan fingerprint density at radius 2 is 2.03 bits per heavy atom. The number of aryl methyl sites for hydroxylation is 1. The largest absolute Gasteiger partial charge is 0.497 e. The highest BCUT2D eigenvalue weighted by Gasteiger charge is 2.32. The van der Waals surface area contributed by atoms with Crippen LogP contribution in [-0.2, 0) is 11.2 Å². The van der Waals surface area contributed by atoms with Gasteiger partial charge in [0.25, 0.3) is 0 Å². The van der Waals surface area contributed by atoms with E-state index in [1.165, 1.54) is 43.9 Å². The number of nitrogens with one attached hydrogen (secondary N) is 1. The first-order chi connectivity index (χ1) is 15.2. The van der Waals surface area contributed by atoms with E-state index in [9.17, 15) is 4.79 Å². The lowest BCUT2D eigenvalue weighted by molar-refractivity contribution is -0.129. The Balaban J connectivity index is 1.34. The van der Waals surface area contributed by atoms with Gasteiger partial charge >= 0.3 is 0 Å². The number of amides is 1. The van der Waals surface area contributed by atoms with Crippen molar-refractivity contribution >= 4 is 17.7 Å². The molecular weight excluding hydrogens is 412 g/mol. The van der Waals surface area contributed by atoms with E-state index < -0.39 is 0 Å². The van der Waals surface area contributed by atoms with Crippen LogP contribution in [0.15, 0.2) is 23.4 Å². The zero-order chi connectivity index (χ0) is 21.6. The third kappa shape index (κ3) is 5.34. The molecule has 1 atom stereocenters. The van der Waals surface area contributed by atoms with Crippen molar-refractivity contribution in [2.75, 3.05) is 26.5 Å². The van der Waals surface area contributed by atoms with Crippen LogP contribution in [0.2, 0.25) is 0 Å². The number of aromatic nitrogens is 3. The molecule has 1 saturated carbocycles. The number of carbonyl (C=O) groups excluding carboxylic acids is 1. The Kier molecular flexibility index (Phi) is 7.37. The highest BCUT2D eigenvalue weighted by molar-refractivity contribution is 7.99. The number of hydrogen-bond acceptors (Lipinski definition) is 6. The second kappa shape index (κ2) is 10.4. The number of H-pyrrole nitrogens is 1. The lowest BCUT2D eigenvalue weighted by Crippen LogP contribution is -2.32. The number of rotatable bonds is 9. The van der Waals surface area contributed by atoms with E-state index in [1.807, 2.05) is 23.1 Å². The van der Waals surface area contributed by atoms with Crippen LogP contribution in [0.4, 0.5) is 0 Å². The molecule has 0 unspecified atom stereocenters. The Morgan fingerprint density at radius 1 is 1.19 bits per heavy atom. The van der Waals surface area contributed by atoms with E-state index >= 15 is 0 Å². The van der Waals surface area contributed by atoms with Crippen molar-refractivity contribution in [2.45, 2.75) is 62.6 Å². The number of hydrogen-bond donors (Lipinski definition) is 1. The molecule has 1 aliphatic heterocycles. The number of ether oxygens (including phenoxy) is 2. The van der Waals surface area contributed by atoms with Crippen LogP contribution in [0.1, 0.15) is 62.4 Å². The van der Waals surface area contributed by atoms with Crippen molar-refractivity contribution in [2.24, 2.45) is 5.92 Å². The van der Waals surface area contributed by atoms with Crippen molar-refractivity contribution in [3.63, 3.8) is 0 Å². The average molecular weight is 445 g/mol. The summed E-state index contributed by atoms with van der Waals surface area (Å²) in [6, 6.07) is 5.78. The summed E-state index contributed by atoms with van der Waals surface area (Å²) in [4.78, 5) is 19.6. The van der Waals surface area contributed by atoms with Crippen LogP contribution >= 0.6 is 11.8 Å². The number of nitrogens with zero attached hydrogens (tertiary/aromatic N) is 3. The molecule has 1 amide bonds. The molecule has 2 aromatic rings. The average Bonchev–Trinajstić information content (AvgIpc) is 3.57. The van der Waals surface area contributed by atoms with Crippen LogP contribution in [0.25, 0.3) is 0 Å². The summed E-state index contributed by atoms with van der Waals surface area (Å²) >= 11 is 1.41. The summed E-state index contributed by atoms with van der Waals surface area (Å²) in [5, 5.41) is 8.01. The number of aromatic amines is 1. The molecule has 2 heterocycles. The van der Waals surface area contributed by atoms with Gasteiger partial charge in [-0.25, -0.2) is 4.98 Å². The molecule has 0 spiro atoms. The minimum atomic E-state index is 0.00673. The first kappa shape index (κ1) is 22.0. The molecule has 1 aromatic heterocycles. The molecule has 31 heavy (non-hydrogen) atoms. The molecule has 168 valence electrons. The maximum atomic E-state index is 13.0. The third-order valence-corrected chi connectivity index (χ3v) is 7.30. The van der Waals surface area contributed by atoms with Gasteiger partial charge in [-0.3, -0.25) is 9.89 Å². The number of methoxy groups -OCH3 is 2.